The third-order valence-electron chi connectivity index (χ3n) is 4.95. The fraction of sp³-hybridized carbons (Fsp3) is 0.333. The van der Waals surface area contributed by atoms with Crippen molar-refractivity contribution in [3.8, 4) is 22.8 Å². The third kappa shape index (κ3) is 3.49. The number of H-pyrrole nitrogens is 1. The Labute approximate surface area is 148 Å². The van der Waals surface area contributed by atoms with Gasteiger partial charge in [0.25, 0.3) is 0 Å². The van der Waals surface area contributed by atoms with Gasteiger partial charge in [0.1, 0.15) is 0 Å². The van der Waals surface area contributed by atoms with Gasteiger partial charge in [-0.1, -0.05) is 42.5 Å². The lowest BCUT2D eigenvalue weighted by atomic mass is 9.83. The van der Waals surface area contributed by atoms with E-state index in [1.54, 1.807) is 0 Å². The SMILES string of the molecule is CN(C)CC1CCc2cc(-c3n[nH]c(-c4ccccc4)n3)ccc2C1. The minimum Gasteiger partial charge on any atom is -0.309 e. The van der Waals surface area contributed by atoms with Crippen LogP contribution in [-0.2, 0) is 12.8 Å². The number of hydrogen-bond acceptors (Lipinski definition) is 3. The smallest absolute Gasteiger partial charge is 0.181 e. The molecule has 128 valence electrons. The number of nitrogens with one attached hydrogen (secondary N) is 1. The quantitative estimate of drug-likeness (QED) is 0.790. The van der Waals surface area contributed by atoms with Crippen LogP contribution in [-0.4, -0.2) is 40.7 Å². The zero-order valence-electron chi connectivity index (χ0n) is 14.9. The van der Waals surface area contributed by atoms with Crippen molar-refractivity contribution in [3.63, 3.8) is 0 Å². The Balaban J connectivity index is 1.56. The number of nitrogens with zero attached hydrogens (tertiary/aromatic N) is 3. The van der Waals surface area contributed by atoms with Crippen molar-refractivity contribution in [2.75, 3.05) is 20.6 Å². The average Bonchev–Trinajstić information content (AvgIpc) is 3.12. The summed E-state index contributed by atoms with van der Waals surface area (Å²) >= 11 is 0. The first-order valence-corrected chi connectivity index (χ1v) is 8.94. The first-order chi connectivity index (χ1) is 12.2. The molecule has 2 aromatic carbocycles. The van der Waals surface area contributed by atoms with Crippen LogP contribution in [0.25, 0.3) is 22.8 Å². The molecule has 1 aliphatic carbocycles. The molecule has 4 heteroatoms. The average molecular weight is 332 g/mol. The molecule has 4 nitrogen and oxygen atoms in total. The van der Waals surface area contributed by atoms with Crippen LogP contribution in [0.3, 0.4) is 0 Å². The second-order valence-electron chi connectivity index (χ2n) is 7.23. The molecular weight excluding hydrogens is 308 g/mol. The molecule has 0 aliphatic heterocycles. The molecule has 1 aliphatic rings. The van der Waals surface area contributed by atoms with Crippen LogP contribution in [0.4, 0.5) is 0 Å². The summed E-state index contributed by atoms with van der Waals surface area (Å²) < 4.78 is 0. The summed E-state index contributed by atoms with van der Waals surface area (Å²) in [5.41, 5.74) is 5.10. The Hall–Kier alpha value is -2.46. The van der Waals surface area contributed by atoms with Crippen LogP contribution < -0.4 is 0 Å². The number of fused-ring (bicyclic) bond motifs is 1. The van der Waals surface area contributed by atoms with Gasteiger partial charge in [-0.25, -0.2) is 4.98 Å². The van der Waals surface area contributed by atoms with E-state index in [9.17, 15) is 0 Å². The molecule has 4 rings (SSSR count). The highest BCUT2D eigenvalue weighted by molar-refractivity contribution is 5.62. The van der Waals surface area contributed by atoms with Gasteiger partial charge >= 0.3 is 0 Å². The standard InChI is InChI=1S/C21H24N4/c1-25(2)14-15-8-9-18-13-19(11-10-17(18)12-15)21-22-20(23-24-21)16-6-4-3-5-7-16/h3-7,10-11,13,15H,8-9,12,14H2,1-2H3,(H,22,23,24). The monoisotopic (exact) mass is 332 g/mol. The molecular formula is C21H24N4. The number of rotatable bonds is 4. The van der Waals surface area contributed by atoms with E-state index >= 15 is 0 Å². The van der Waals surface area contributed by atoms with Crippen molar-refractivity contribution >= 4 is 0 Å². The molecule has 25 heavy (non-hydrogen) atoms. The fourth-order valence-electron chi connectivity index (χ4n) is 3.76. The van der Waals surface area contributed by atoms with Crippen molar-refractivity contribution in [1.82, 2.24) is 20.1 Å². The van der Waals surface area contributed by atoms with E-state index in [1.807, 2.05) is 30.3 Å². The summed E-state index contributed by atoms with van der Waals surface area (Å²) in [6, 6.07) is 16.8. The van der Waals surface area contributed by atoms with E-state index in [2.05, 4.69) is 52.4 Å². The summed E-state index contributed by atoms with van der Waals surface area (Å²) in [5, 5.41) is 7.49. The van der Waals surface area contributed by atoms with E-state index in [-0.39, 0.29) is 0 Å². The maximum atomic E-state index is 4.68. The van der Waals surface area contributed by atoms with Crippen LogP contribution >= 0.6 is 0 Å². The Bertz CT molecular complexity index is 851. The highest BCUT2D eigenvalue weighted by Gasteiger charge is 2.20. The molecule has 1 aromatic heterocycles. The van der Waals surface area contributed by atoms with Crippen molar-refractivity contribution in [2.45, 2.75) is 19.3 Å². The zero-order chi connectivity index (χ0) is 17.2. The van der Waals surface area contributed by atoms with Gasteiger partial charge in [-0.05, 0) is 56.5 Å². The molecule has 1 heterocycles. The fourth-order valence-corrected chi connectivity index (χ4v) is 3.76. The van der Waals surface area contributed by atoms with Crippen LogP contribution in [0.2, 0.25) is 0 Å². The van der Waals surface area contributed by atoms with Gasteiger partial charge in [0.2, 0.25) is 0 Å². The summed E-state index contributed by atoms with van der Waals surface area (Å²) in [6.45, 7) is 1.17. The van der Waals surface area contributed by atoms with E-state index in [0.29, 0.717) is 0 Å². The molecule has 0 saturated heterocycles. The summed E-state index contributed by atoms with van der Waals surface area (Å²) in [4.78, 5) is 6.98. The molecule has 0 radical (unpaired) electrons. The zero-order valence-corrected chi connectivity index (χ0v) is 14.9. The Morgan fingerprint density at radius 2 is 1.88 bits per heavy atom. The topological polar surface area (TPSA) is 44.8 Å². The van der Waals surface area contributed by atoms with Crippen LogP contribution in [0.15, 0.2) is 48.5 Å². The minimum atomic E-state index is 0.765. The second-order valence-corrected chi connectivity index (χ2v) is 7.23. The predicted molar refractivity (Wildman–Crippen MR) is 101 cm³/mol. The van der Waals surface area contributed by atoms with Crippen molar-refractivity contribution in [1.29, 1.82) is 0 Å². The van der Waals surface area contributed by atoms with Gasteiger partial charge in [0.05, 0.1) is 0 Å². The molecule has 0 fully saturated rings. The Morgan fingerprint density at radius 1 is 1.04 bits per heavy atom. The molecule has 3 aromatic rings. The molecule has 0 spiro atoms. The summed E-state index contributed by atoms with van der Waals surface area (Å²) in [5.74, 6) is 2.36. The molecule has 1 N–H and O–H groups in total. The largest absolute Gasteiger partial charge is 0.309 e. The van der Waals surface area contributed by atoms with E-state index in [0.717, 1.165) is 35.1 Å². The molecule has 0 amide bonds. The predicted octanol–water partition coefficient (Wildman–Crippen LogP) is 3.81. The van der Waals surface area contributed by atoms with Crippen molar-refractivity contribution < 1.29 is 0 Å². The Kier molecular flexibility index (Phi) is 4.36. The van der Waals surface area contributed by atoms with Gasteiger partial charge in [-0.15, -0.1) is 0 Å². The first kappa shape index (κ1) is 16.0. The lowest BCUT2D eigenvalue weighted by Gasteiger charge is -2.27. The highest BCUT2D eigenvalue weighted by Crippen LogP contribution is 2.29. The Morgan fingerprint density at radius 3 is 2.68 bits per heavy atom. The second kappa shape index (κ2) is 6.81. The highest BCUT2D eigenvalue weighted by atomic mass is 15.2. The lowest BCUT2D eigenvalue weighted by molar-refractivity contribution is 0.303. The summed E-state index contributed by atoms with van der Waals surface area (Å²) in [7, 11) is 4.32. The maximum Gasteiger partial charge on any atom is 0.181 e. The third-order valence-corrected chi connectivity index (χ3v) is 4.95. The number of aryl methyl sites for hydroxylation is 1. The molecule has 1 unspecified atom stereocenters. The van der Waals surface area contributed by atoms with Crippen molar-refractivity contribution in [2.24, 2.45) is 5.92 Å². The van der Waals surface area contributed by atoms with E-state index in [1.165, 1.54) is 30.5 Å². The van der Waals surface area contributed by atoms with E-state index in [4.69, 9.17) is 0 Å². The first-order valence-electron chi connectivity index (χ1n) is 8.94. The number of aromatic nitrogens is 3. The van der Waals surface area contributed by atoms with Crippen LogP contribution in [0.5, 0.6) is 0 Å². The van der Waals surface area contributed by atoms with Crippen LogP contribution in [0.1, 0.15) is 17.5 Å². The number of hydrogen-bond donors (Lipinski definition) is 1. The van der Waals surface area contributed by atoms with Gasteiger partial charge in [-0.3, -0.25) is 5.10 Å². The van der Waals surface area contributed by atoms with Gasteiger partial charge < -0.3 is 4.90 Å². The molecule has 0 bridgehead atoms. The maximum absolute atomic E-state index is 4.68. The minimum absolute atomic E-state index is 0.765. The van der Waals surface area contributed by atoms with Crippen molar-refractivity contribution in [3.05, 3.63) is 59.7 Å². The normalized spacial score (nSPS) is 16.8. The van der Waals surface area contributed by atoms with E-state index < -0.39 is 0 Å². The number of benzene rings is 2. The van der Waals surface area contributed by atoms with Gasteiger partial charge in [-0.2, -0.15) is 5.10 Å². The number of aromatic amines is 1. The van der Waals surface area contributed by atoms with Crippen LogP contribution in [0, 0.1) is 5.92 Å². The molecule has 1 atom stereocenters. The van der Waals surface area contributed by atoms with Gasteiger partial charge in [0, 0.05) is 17.7 Å². The molecule has 0 saturated carbocycles. The summed E-state index contributed by atoms with van der Waals surface area (Å²) in [6.07, 6.45) is 3.59. The van der Waals surface area contributed by atoms with Gasteiger partial charge in [0.15, 0.2) is 11.6 Å². The lowest BCUT2D eigenvalue weighted by Crippen LogP contribution is -2.26.